The minimum absolute atomic E-state index is 0.0523. The van der Waals surface area contributed by atoms with E-state index in [0.717, 1.165) is 12.1 Å². The Bertz CT molecular complexity index is 737. The summed E-state index contributed by atoms with van der Waals surface area (Å²) in [4.78, 5) is 34.5. The summed E-state index contributed by atoms with van der Waals surface area (Å²) < 4.78 is -0.0523. The predicted octanol–water partition coefficient (Wildman–Crippen LogP) is 0.407. The Morgan fingerprint density at radius 3 is 2.00 bits per heavy atom. The van der Waals surface area contributed by atoms with E-state index in [1.807, 2.05) is 0 Å². The molecule has 0 amide bonds. The van der Waals surface area contributed by atoms with Crippen LogP contribution in [0.4, 0.5) is 0 Å². The van der Waals surface area contributed by atoms with Gasteiger partial charge in [-0.05, 0) is 17.7 Å². The first-order chi connectivity index (χ1) is 9.91. The monoisotopic (exact) mass is 346 g/mol. The number of halogens is 1. The van der Waals surface area contributed by atoms with E-state index in [2.05, 4.69) is 15.9 Å². The summed E-state index contributed by atoms with van der Waals surface area (Å²) in [6.45, 7) is 0. The van der Waals surface area contributed by atoms with E-state index in [1.165, 1.54) is 12.1 Å². The van der Waals surface area contributed by atoms with Crippen LogP contribution in [0.5, 0.6) is 0 Å². The van der Waals surface area contributed by atoms with Crippen LogP contribution in [0, 0.1) is 0 Å². The Hall–Kier alpha value is -2.47. The maximum Gasteiger partial charge on any atom is 0.193 e. The number of carboxylic acids is 2. The average molecular weight is 347 g/mol. The summed E-state index contributed by atoms with van der Waals surface area (Å²) in [5.74, 6) is -3.70. The second-order valence-corrected chi connectivity index (χ2v) is 5.01. The van der Waals surface area contributed by atoms with E-state index >= 15 is 0 Å². The van der Waals surface area contributed by atoms with Crippen molar-refractivity contribution in [1.29, 1.82) is 0 Å². The van der Waals surface area contributed by atoms with Gasteiger partial charge in [0.1, 0.15) is 0 Å². The van der Waals surface area contributed by atoms with Crippen LogP contribution < -0.4 is 10.2 Å². The number of rotatable bonds is 4. The minimum atomic E-state index is -1.58. The van der Waals surface area contributed by atoms with Gasteiger partial charge in [-0.25, -0.2) is 0 Å². The van der Waals surface area contributed by atoms with Gasteiger partial charge in [0.2, 0.25) is 0 Å². The Balaban J connectivity index is 2.68. The SMILES string of the molecule is O=C([O-])c1cc(Br)c(C(=O)[O-])c(C(=O)c2ccccc2)c1. The summed E-state index contributed by atoms with van der Waals surface area (Å²) in [6, 6.07) is 9.96. The fourth-order valence-corrected chi connectivity index (χ4v) is 2.48. The van der Waals surface area contributed by atoms with Crippen molar-refractivity contribution in [3.05, 3.63) is 69.2 Å². The average Bonchev–Trinajstić information content (AvgIpc) is 2.46. The van der Waals surface area contributed by atoms with Crippen molar-refractivity contribution in [2.75, 3.05) is 0 Å². The van der Waals surface area contributed by atoms with E-state index < -0.39 is 23.3 Å². The third-order valence-corrected chi connectivity index (χ3v) is 3.44. The van der Waals surface area contributed by atoms with Gasteiger partial charge >= 0.3 is 0 Å². The molecule has 0 aromatic heterocycles. The lowest BCUT2D eigenvalue weighted by atomic mass is 9.96. The molecule has 5 nitrogen and oxygen atoms in total. The number of aromatic carboxylic acids is 2. The molecule has 0 saturated heterocycles. The summed E-state index contributed by atoms with van der Waals surface area (Å²) in [5, 5.41) is 22.1. The highest BCUT2D eigenvalue weighted by atomic mass is 79.9. The molecular formula is C15H7BrO5-2. The van der Waals surface area contributed by atoms with Crippen molar-refractivity contribution in [3.63, 3.8) is 0 Å². The number of carbonyl (C=O) groups is 3. The largest absolute Gasteiger partial charge is 0.545 e. The van der Waals surface area contributed by atoms with Crippen molar-refractivity contribution >= 4 is 33.7 Å². The topological polar surface area (TPSA) is 97.3 Å². The van der Waals surface area contributed by atoms with Gasteiger partial charge in [0, 0.05) is 21.2 Å². The first-order valence-corrected chi connectivity index (χ1v) is 6.57. The van der Waals surface area contributed by atoms with Crippen molar-refractivity contribution in [2.45, 2.75) is 0 Å². The molecule has 0 heterocycles. The van der Waals surface area contributed by atoms with Crippen LogP contribution in [0.15, 0.2) is 46.9 Å². The smallest absolute Gasteiger partial charge is 0.193 e. The molecule has 0 aliphatic carbocycles. The lowest BCUT2D eigenvalue weighted by molar-refractivity contribution is -0.256. The maximum absolute atomic E-state index is 12.4. The number of carbonyl (C=O) groups excluding carboxylic acids is 3. The van der Waals surface area contributed by atoms with Gasteiger partial charge in [0.05, 0.1) is 11.9 Å². The third-order valence-electron chi connectivity index (χ3n) is 2.81. The molecule has 2 aromatic rings. The van der Waals surface area contributed by atoms with Gasteiger partial charge in [0.25, 0.3) is 0 Å². The zero-order chi connectivity index (χ0) is 15.6. The van der Waals surface area contributed by atoms with Gasteiger partial charge in [0.15, 0.2) is 5.78 Å². The summed E-state index contributed by atoms with van der Waals surface area (Å²) in [7, 11) is 0. The quantitative estimate of drug-likeness (QED) is 0.746. The van der Waals surface area contributed by atoms with Crippen molar-refractivity contribution < 1.29 is 24.6 Å². The number of carboxylic acid groups (broad SMARTS) is 2. The molecule has 0 radical (unpaired) electrons. The Kier molecular flexibility index (Phi) is 4.18. The van der Waals surface area contributed by atoms with E-state index in [-0.39, 0.29) is 21.2 Å². The van der Waals surface area contributed by atoms with Crippen LogP contribution in [0.1, 0.15) is 36.6 Å². The molecule has 0 aliphatic heterocycles. The molecule has 0 atom stereocenters. The van der Waals surface area contributed by atoms with Crippen LogP contribution in [0.25, 0.3) is 0 Å². The highest BCUT2D eigenvalue weighted by Gasteiger charge is 2.18. The zero-order valence-corrected chi connectivity index (χ0v) is 12.0. The van der Waals surface area contributed by atoms with Gasteiger partial charge in [-0.2, -0.15) is 0 Å². The van der Waals surface area contributed by atoms with E-state index in [9.17, 15) is 24.6 Å². The number of hydrogen-bond acceptors (Lipinski definition) is 5. The molecule has 0 bridgehead atoms. The second kappa shape index (κ2) is 5.88. The third kappa shape index (κ3) is 3.00. The fourth-order valence-electron chi connectivity index (χ4n) is 1.86. The number of benzene rings is 2. The highest BCUT2D eigenvalue weighted by Crippen LogP contribution is 2.25. The normalized spacial score (nSPS) is 10.1. The molecule has 0 unspecified atom stereocenters. The Morgan fingerprint density at radius 1 is 0.857 bits per heavy atom. The summed E-state index contributed by atoms with van der Waals surface area (Å²) in [6.07, 6.45) is 0. The van der Waals surface area contributed by atoms with Crippen molar-refractivity contribution in [3.8, 4) is 0 Å². The Labute approximate surface area is 128 Å². The molecule has 2 rings (SSSR count). The van der Waals surface area contributed by atoms with Gasteiger partial charge in [-0.15, -0.1) is 0 Å². The lowest BCUT2D eigenvalue weighted by Crippen LogP contribution is -2.28. The first kappa shape index (κ1) is 14.9. The van der Waals surface area contributed by atoms with Crippen molar-refractivity contribution in [1.82, 2.24) is 0 Å². The maximum atomic E-state index is 12.4. The van der Waals surface area contributed by atoms with E-state index in [0.29, 0.717) is 0 Å². The van der Waals surface area contributed by atoms with E-state index in [1.54, 1.807) is 18.2 Å². The molecule has 106 valence electrons. The Morgan fingerprint density at radius 2 is 1.48 bits per heavy atom. The van der Waals surface area contributed by atoms with Crippen LogP contribution in [0.2, 0.25) is 0 Å². The first-order valence-electron chi connectivity index (χ1n) is 5.77. The van der Waals surface area contributed by atoms with Crippen LogP contribution in [-0.2, 0) is 0 Å². The van der Waals surface area contributed by atoms with Crippen LogP contribution in [0.3, 0.4) is 0 Å². The second-order valence-electron chi connectivity index (χ2n) is 4.15. The lowest BCUT2D eigenvalue weighted by Gasteiger charge is -2.15. The zero-order valence-electron chi connectivity index (χ0n) is 10.5. The number of ketones is 1. The van der Waals surface area contributed by atoms with E-state index in [4.69, 9.17) is 0 Å². The van der Waals surface area contributed by atoms with Crippen LogP contribution >= 0.6 is 15.9 Å². The molecule has 0 fully saturated rings. The standard InChI is InChI=1S/C15H9BrO5/c16-11-7-9(14(18)19)6-10(12(11)15(20)21)13(17)8-4-2-1-3-5-8/h1-7H,(H,18,19)(H,20,21)/p-2. The van der Waals surface area contributed by atoms with Crippen LogP contribution in [-0.4, -0.2) is 17.7 Å². The fraction of sp³-hybridized carbons (Fsp3) is 0. The molecule has 0 aliphatic rings. The molecule has 2 aromatic carbocycles. The van der Waals surface area contributed by atoms with Gasteiger partial charge in [-0.1, -0.05) is 46.3 Å². The predicted molar refractivity (Wildman–Crippen MR) is 72.7 cm³/mol. The highest BCUT2D eigenvalue weighted by molar-refractivity contribution is 9.10. The number of hydrogen-bond donors (Lipinski definition) is 0. The molecule has 0 saturated carbocycles. The molecule has 0 spiro atoms. The summed E-state index contributed by atoms with van der Waals surface area (Å²) >= 11 is 2.94. The molecule has 6 heteroatoms. The van der Waals surface area contributed by atoms with Gasteiger partial charge in [-0.3, -0.25) is 4.79 Å². The minimum Gasteiger partial charge on any atom is -0.545 e. The molecular weight excluding hydrogens is 340 g/mol. The molecule has 21 heavy (non-hydrogen) atoms. The van der Waals surface area contributed by atoms with Crippen molar-refractivity contribution in [2.24, 2.45) is 0 Å². The molecule has 0 N–H and O–H groups in total. The summed E-state index contributed by atoms with van der Waals surface area (Å²) in [5.41, 5.74) is -0.725. The van der Waals surface area contributed by atoms with Gasteiger partial charge < -0.3 is 19.8 Å².